The van der Waals surface area contributed by atoms with Crippen LogP contribution in [0.25, 0.3) is 0 Å². The third-order valence-electron chi connectivity index (χ3n) is 4.55. The molecular formula is C24H27NO5. The number of aliphatic hydroxyl groups excluding tert-OH is 1. The molecule has 1 unspecified atom stereocenters. The third kappa shape index (κ3) is 6.47. The minimum atomic E-state index is -0.704. The van der Waals surface area contributed by atoms with E-state index in [2.05, 4.69) is 4.90 Å². The molecule has 0 amide bonds. The van der Waals surface area contributed by atoms with Gasteiger partial charge in [0.25, 0.3) is 0 Å². The standard InChI is InChI=1S/C24H27NO5/c1-2-28-24-8-4-3-6-20(24)14-25(16-23-7-5-13-29-23)15-21(27)18-30-22-11-9-19(17-26)10-12-22/h3-13,17,21,27H,2,14-16,18H2,1H3. The SMILES string of the molecule is CCOc1ccccc1CN(Cc1ccco1)CC(O)COc1ccc(C=O)cc1. The quantitative estimate of drug-likeness (QED) is 0.457. The Balaban J connectivity index is 1.63. The van der Waals surface area contributed by atoms with Crippen LogP contribution in [0.4, 0.5) is 0 Å². The van der Waals surface area contributed by atoms with Gasteiger partial charge in [-0.25, -0.2) is 0 Å². The second-order valence-corrected chi connectivity index (χ2v) is 6.94. The zero-order valence-corrected chi connectivity index (χ0v) is 17.1. The molecule has 0 aliphatic carbocycles. The summed E-state index contributed by atoms with van der Waals surface area (Å²) in [7, 11) is 0. The lowest BCUT2D eigenvalue weighted by Gasteiger charge is -2.25. The molecule has 6 heteroatoms. The molecule has 0 aliphatic rings. The van der Waals surface area contributed by atoms with Crippen LogP contribution in [0.2, 0.25) is 0 Å². The molecule has 3 rings (SSSR count). The van der Waals surface area contributed by atoms with E-state index in [1.165, 1.54) is 0 Å². The van der Waals surface area contributed by atoms with Gasteiger partial charge in [0.2, 0.25) is 0 Å². The number of furan rings is 1. The Morgan fingerprint density at radius 3 is 2.53 bits per heavy atom. The summed E-state index contributed by atoms with van der Waals surface area (Å²) in [6.45, 7) is 4.24. The molecule has 0 saturated heterocycles. The first kappa shape index (κ1) is 21.6. The topological polar surface area (TPSA) is 72.1 Å². The molecule has 1 atom stereocenters. The van der Waals surface area contributed by atoms with Gasteiger partial charge in [-0.3, -0.25) is 9.69 Å². The molecule has 1 heterocycles. The van der Waals surface area contributed by atoms with Crippen molar-refractivity contribution in [3.05, 3.63) is 83.8 Å². The average Bonchev–Trinajstić information content (AvgIpc) is 3.27. The Morgan fingerprint density at radius 2 is 1.83 bits per heavy atom. The van der Waals surface area contributed by atoms with E-state index in [9.17, 15) is 9.90 Å². The molecule has 0 aliphatic heterocycles. The maximum Gasteiger partial charge on any atom is 0.150 e. The monoisotopic (exact) mass is 409 g/mol. The predicted octanol–water partition coefficient (Wildman–Crippen LogP) is 3.93. The van der Waals surface area contributed by atoms with Gasteiger partial charge < -0.3 is 19.0 Å². The lowest BCUT2D eigenvalue weighted by Crippen LogP contribution is -2.35. The van der Waals surface area contributed by atoms with Crippen LogP contribution in [0, 0.1) is 0 Å². The zero-order valence-electron chi connectivity index (χ0n) is 17.1. The number of hydrogen-bond acceptors (Lipinski definition) is 6. The molecule has 0 spiro atoms. The molecule has 2 aromatic carbocycles. The second kappa shape index (κ2) is 11.2. The van der Waals surface area contributed by atoms with Crippen molar-refractivity contribution in [1.29, 1.82) is 0 Å². The highest BCUT2D eigenvalue weighted by Gasteiger charge is 2.17. The summed E-state index contributed by atoms with van der Waals surface area (Å²) in [5, 5.41) is 10.6. The van der Waals surface area contributed by atoms with Crippen molar-refractivity contribution >= 4 is 6.29 Å². The number of para-hydroxylation sites is 1. The molecule has 158 valence electrons. The Labute approximate surface area is 176 Å². The molecule has 3 aromatic rings. The zero-order chi connectivity index (χ0) is 21.2. The highest BCUT2D eigenvalue weighted by Crippen LogP contribution is 2.21. The summed E-state index contributed by atoms with van der Waals surface area (Å²) in [6.07, 6.45) is 1.72. The Bertz CT molecular complexity index is 892. The summed E-state index contributed by atoms with van der Waals surface area (Å²) in [4.78, 5) is 12.8. The smallest absolute Gasteiger partial charge is 0.150 e. The van der Waals surface area contributed by atoms with Crippen LogP contribution in [0.1, 0.15) is 28.6 Å². The van der Waals surface area contributed by atoms with Crippen LogP contribution in [-0.4, -0.2) is 42.2 Å². The highest BCUT2D eigenvalue weighted by atomic mass is 16.5. The predicted molar refractivity (Wildman–Crippen MR) is 114 cm³/mol. The average molecular weight is 409 g/mol. The van der Waals surface area contributed by atoms with Gasteiger partial charge in [-0.05, 0) is 49.4 Å². The fourth-order valence-electron chi connectivity index (χ4n) is 3.17. The van der Waals surface area contributed by atoms with Crippen molar-refractivity contribution in [2.45, 2.75) is 26.1 Å². The van der Waals surface area contributed by atoms with Crippen molar-refractivity contribution in [2.24, 2.45) is 0 Å². The van der Waals surface area contributed by atoms with E-state index < -0.39 is 6.10 Å². The van der Waals surface area contributed by atoms with E-state index in [0.717, 1.165) is 23.4 Å². The molecular weight excluding hydrogens is 382 g/mol. The van der Waals surface area contributed by atoms with Gasteiger partial charge in [-0.15, -0.1) is 0 Å². The number of carbonyl (C=O) groups excluding carboxylic acids is 1. The fraction of sp³-hybridized carbons (Fsp3) is 0.292. The minimum absolute atomic E-state index is 0.141. The van der Waals surface area contributed by atoms with Gasteiger partial charge in [0.05, 0.1) is 19.4 Å². The summed E-state index contributed by atoms with van der Waals surface area (Å²) in [5.74, 6) is 2.27. The van der Waals surface area contributed by atoms with Crippen molar-refractivity contribution in [2.75, 3.05) is 19.8 Å². The number of carbonyl (C=O) groups is 1. The minimum Gasteiger partial charge on any atom is -0.494 e. The van der Waals surface area contributed by atoms with E-state index in [4.69, 9.17) is 13.9 Å². The van der Waals surface area contributed by atoms with E-state index in [0.29, 0.717) is 37.6 Å². The summed E-state index contributed by atoms with van der Waals surface area (Å²) < 4.78 is 16.9. The van der Waals surface area contributed by atoms with Gasteiger partial charge in [0.1, 0.15) is 36.3 Å². The second-order valence-electron chi connectivity index (χ2n) is 6.94. The van der Waals surface area contributed by atoms with Crippen molar-refractivity contribution < 1.29 is 23.8 Å². The van der Waals surface area contributed by atoms with Gasteiger partial charge in [0, 0.05) is 24.2 Å². The van der Waals surface area contributed by atoms with Crippen molar-refractivity contribution in [3.63, 3.8) is 0 Å². The maximum atomic E-state index is 10.7. The van der Waals surface area contributed by atoms with E-state index >= 15 is 0 Å². The lowest BCUT2D eigenvalue weighted by atomic mass is 10.1. The van der Waals surface area contributed by atoms with Gasteiger partial charge in [-0.2, -0.15) is 0 Å². The first-order chi connectivity index (χ1) is 14.7. The van der Waals surface area contributed by atoms with Crippen LogP contribution < -0.4 is 9.47 Å². The van der Waals surface area contributed by atoms with Crippen LogP contribution in [0.5, 0.6) is 11.5 Å². The first-order valence-electron chi connectivity index (χ1n) is 9.99. The van der Waals surface area contributed by atoms with Crippen LogP contribution in [0.3, 0.4) is 0 Å². The molecule has 1 aromatic heterocycles. The van der Waals surface area contributed by atoms with Crippen molar-refractivity contribution in [1.82, 2.24) is 4.90 Å². The number of benzene rings is 2. The number of ether oxygens (including phenoxy) is 2. The largest absolute Gasteiger partial charge is 0.494 e. The van der Waals surface area contributed by atoms with Gasteiger partial charge >= 0.3 is 0 Å². The molecule has 30 heavy (non-hydrogen) atoms. The van der Waals surface area contributed by atoms with Crippen LogP contribution >= 0.6 is 0 Å². The first-order valence-corrected chi connectivity index (χ1v) is 9.99. The van der Waals surface area contributed by atoms with Crippen LogP contribution in [-0.2, 0) is 13.1 Å². The molecule has 1 N–H and O–H groups in total. The van der Waals surface area contributed by atoms with Gasteiger partial charge in [-0.1, -0.05) is 18.2 Å². The van der Waals surface area contributed by atoms with Gasteiger partial charge in [0.15, 0.2) is 0 Å². The fourth-order valence-corrected chi connectivity index (χ4v) is 3.17. The highest BCUT2D eigenvalue weighted by molar-refractivity contribution is 5.74. The van der Waals surface area contributed by atoms with E-state index in [1.54, 1.807) is 30.5 Å². The molecule has 0 fully saturated rings. The third-order valence-corrected chi connectivity index (χ3v) is 4.55. The molecule has 0 bridgehead atoms. The molecule has 0 radical (unpaired) electrons. The Hall–Kier alpha value is -3.09. The number of rotatable bonds is 12. The van der Waals surface area contributed by atoms with E-state index in [1.807, 2.05) is 43.3 Å². The van der Waals surface area contributed by atoms with Crippen LogP contribution in [0.15, 0.2) is 71.3 Å². The molecule has 0 saturated carbocycles. The number of aliphatic hydroxyl groups is 1. The number of nitrogens with zero attached hydrogens (tertiary/aromatic N) is 1. The summed E-state index contributed by atoms with van der Waals surface area (Å²) in [6, 6.07) is 18.5. The summed E-state index contributed by atoms with van der Waals surface area (Å²) >= 11 is 0. The Kier molecular flexibility index (Phi) is 8.06. The normalized spacial score (nSPS) is 12.0. The number of hydrogen-bond donors (Lipinski definition) is 1. The molecule has 6 nitrogen and oxygen atoms in total. The summed E-state index contributed by atoms with van der Waals surface area (Å²) in [5.41, 5.74) is 1.63. The maximum absolute atomic E-state index is 10.7. The lowest BCUT2D eigenvalue weighted by molar-refractivity contribution is 0.0601. The Morgan fingerprint density at radius 1 is 1.03 bits per heavy atom. The van der Waals surface area contributed by atoms with Crippen molar-refractivity contribution in [3.8, 4) is 11.5 Å². The number of aldehydes is 1. The van der Waals surface area contributed by atoms with E-state index in [-0.39, 0.29) is 6.61 Å².